The molecule has 0 bridgehead atoms. The number of amides is 2. The fourth-order valence-corrected chi connectivity index (χ4v) is 3.15. The van der Waals surface area contributed by atoms with Crippen LogP contribution in [0.15, 0.2) is 53.4 Å². The Kier molecular flexibility index (Phi) is 4.66. The van der Waals surface area contributed by atoms with Gasteiger partial charge >= 0.3 is 0 Å². The summed E-state index contributed by atoms with van der Waals surface area (Å²) >= 11 is 0.857. The van der Waals surface area contributed by atoms with Gasteiger partial charge in [-0.25, -0.2) is 4.39 Å². The van der Waals surface area contributed by atoms with Crippen molar-refractivity contribution >= 4 is 34.7 Å². The molecule has 1 heterocycles. The van der Waals surface area contributed by atoms with E-state index in [2.05, 4.69) is 5.32 Å². The zero-order valence-electron chi connectivity index (χ0n) is 13.0. The van der Waals surface area contributed by atoms with E-state index in [1.54, 1.807) is 12.1 Å². The summed E-state index contributed by atoms with van der Waals surface area (Å²) in [5.74, 6) is -0.765. The van der Waals surface area contributed by atoms with Gasteiger partial charge in [0, 0.05) is 5.69 Å². The van der Waals surface area contributed by atoms with Gasteiger partial charge in [0.2, 0.25) is 0 Å². The summed E-state index contributed by atoms with van der Waals surface area (Å²) in [6.07, 6.45) is 1.53. The number of imide groups is 1. The number of benzene rings is 2. The van der Waals surface area contributed by atoms with Crippen molar-refractivity contribution in [3.05, 3.63) is 70.4 Å². The predicted octanol–water partition coefficient (Wildman–Crippen LogP) is 4.24. The van der Waals surface area contributed by atoms with E-state index < -0.39 is 0 Å². The molecule has 0 atom stereocenters. The highest BCUT2D eigenvalue weighted by Gasteiger charge is 2.34. The molecule has 1 N–H and O–H groups in total. The van der Waals surface area contributed by atoms with Crippen molar-refractivity contribution in [1.29, 1.82) is 0 Å². The molecule has 0 unspecified atom stereocenters. The molecule has 1 aliphatic rings. The highest BCUT2D eigenvalue weighted by atomic mass is 32.2. The summed E-state index contributed by atoms with van der Waals surface area (Å²) in [4.78, 5) is 25.9. The molecule has 2 aromatic carbocycles. The zero-order valence-corrected chi connectivity index (χ0v) is 13.8. The van der Waals surface area contributed by atoms with Crippen molar-refractivity contribution in [2.24, 2.45) is 0 Å². The Bertz CT molecular complexity index is 835. The van der Waals surface area contributed by atoms with Crippen molar-refractivity contribution in [1.82, 2.24) is 4.90 Å². The summed E-state index contributed by atoms with van der Waals surface area (Å²) in [5, 5.41) is 2.72. The van der Waals surface area contributed by atoms with Gasteiger partial charge in [-0.1, -0.05) is 24.3 Å². The van der Waals surface area contributed by atoms with E-state index in [-0.39, 0.29) is 28.5 Å². The van der Waals surface area contributed by atoms with Gasteiger partial charge in [-0.15, -0.1) is 0 Å². The quantitative estimate of drug-likeness (QED) is 0.845. The molecule has 2 aromatic rings. The first-order chi connectivity index (χ1) is 11.5. The second kappa shape index (κ2) is 6.88. The lowest BCUT2D eigenvalue weighted by atomic mass is 10.2. The summed E-state index contributed by atoms with van der Waals surface area (Å²) in [6.45, 7) is 2.06. The lowest BCUT2D eigenvalue weighted by Crippen LogP contribution is -2.33. The number of carbonyl (C=O) groups is 2. The third kappa shape index (κ3) is 3.65. The smallest absolute Gasteiger partial charge is 0.295 e. The summed E-state index contributed by atoms with van der Waals surface area (Å²) < 4.78 is 13.2. The normalized spacial score (nSPS) is 16.1. The zero-order chi connectivity index (χ0) is 17.1. The number of aryl methyl sites for hydroxylation is 1. The first kappa shape index (κ1) is 16.3. The summed E-state index contributed by atoms with van der Waals surface area (Å²) in [6, 6.07) is 13.6. The Labute approximate surface area is 143 Å². The van der Waals surface area contributed by atoms with Gasteiger partial charge in [0.05, 0.1) is 11.6 Å². The second-order valence-electron chi connectivity index (χ2n) is 5.37. The average molecular weight is 342 g/mol. The highest BCUT2D eigenvalue weighted by Crippen LogP contribution is 2.32. The predicted molar refractivity (Wildman–Crippen MR) is 93.9 cm³/mol. The molecule has 0 saturated carbocycles. The molecule has 122 valence electrons. The van der Waals surface area contributed by atoms with E-state index in [1.165, 1.54) is 18.2 Å². The minimum Gasteiger partial charge on any atom is -0.367 e. The lowest BCUT2D eigenvalue weighted by Gasteiger charge is -2.14. The fourth-order valence-electron chi connectivity index (χ4n) is 2.31. The Morgan fingerprint density at radius 3 is 2.71 bits per heavy atom. The van der Waals surface area contributed by atoms with Gasteiger partial charge < -0.3 is 5.32 Å². The molecule has 1 aliphatic heterocycles. The number of carbonyl (C=O) groups excluding carboxylic acids is 2. The third-order valence-electron chi connectivity index (χ3n) is 3.48. The minimum absolute atomic E-state index is 0.0919. The van der Waals surface area contributed by atoms with Crippen LogP contribution in [-0.2, 0) is 4.79 Å². The highest BCUT2D eigenvalue weighted by molar-refractivity contribution is 8.18. The average Bonchev–Trinajstić information content (AvgIpc) is 2.79. The van der Waals surface area contributed by atoms with Gasteiger partial charge in [-0.3, -0.25) is 14.5 Å². The van der Waals surface area contributed by atoms with Crippen LogP contribution in [-0.4, -0.2) is 22.7 Å². The molecule has 3 rings (SSSR count). The van der Waals surface area contributed by atoms with Gasteiger partial charge in [0.15, 0.2) is 0 Å². The number of halogens is 1. The van der Waals surface area contributed by atoms with Crippen molar-refractivity contribution in [3.8, 4) is 0 Å². The maximum absolute atomic E-state index is 13.2. The molecular weight excluding hydrogens is 327 g/mol. The van der Waals surface area contributed by atoms with Gasteiger partial charge in [-0.05, 0) is 60.2 Å². The number of thioether (sulfide) groups is 1. The number of anilines is 1. The van der Waals surface area contributed by atoms with E-state index in [4.69, 9.17) is 0 Å². The Morgan fingerprint density at radius 2 is 1.96 bits per heavy atom. The number of rotatable bonds is 4. The largest absolute Gasteiger partial charge is 0.367 e. The van der Waals surface area contributed by atoms with Crippen molar-refractivity contribution in [2.45, 2.75) is 6.92 Å². The molecule has 4 nitrogen and oxygen atoms in total. The first-order valence-electron chi connectivity index (χ1n) is 7.34. The van der Waals surface area contributed by atoms with Crippen LogP contribution >= 0.6 is 11.8 Å². The minimum atomic E-state index is -0.385. The number of hydrogen-bond acceptors (Lipinski definition) is 4. The van der Waals surface area contributed by atoms with Gasteiger partial charge in [0.25, 0.3) is 11.1 Å². The van der Waals surface area contributed by atoms with Crippen LogP contribution in [0.2, 0.25) is 0 Å². The molecule has 0 radical (unpaired) electrons. The van der Waals surface area contributed by atoms with E-state index in [9.17, 15) is 14.0 Å². The first-order valence-corrected chi connectivity index (χ1v) is 8.16. The molecular formula is C18H15FN2O2S. The van der Waals surface area contributed by atoms with Crippen molar-refractivity contribution < 1.29 is 14.0 Å². The van der Waals surface area contributed by atoms with Crippen LogP contribution in [0.5, 0.6) is 0 Å². The van der Waals surface area contributed by atoms with Crippen molar-refractivity contribution in [3.63, 3.8) is 0 Å². The maximum atomic E-state index is 13.2. The van der Waals surface area contributed by atoms with Crippen LogP contribution in [0.4, 0.5) is 14.9 Å². The second-order valence-corrected chi connectivity index (χ2v) is 6.36. The SMILES string of the molecule is Cc1cccc(NCN2C(=O)S/C(=C\c3cccc(F)c3)C2=O)c1. The molecule has 1 saturated heterocycles. The van der Waals surface area contributed by atoms with Crippen LogP contribution in [0.25, 0.3) is 6.08 Å². The maximum Gasteiger partial charge on any atom is 0.295 e. The molecule has 24 heavy (non-hydrogen) atoms. The van der Waals surface area contributed by atoms with Crippen molar-refractivity contribution in [2.75, 3.05) is 12.0 Å². The van der Waals surface area contributed by atoms with E-state index in [0.29, 0.717) is 5.56 Å². The molecule has 0 spiro atoms. The van der Waals surface area contributed by atoms with Crippen LogP contribution in [0, 0.1) is 12.7 Å². The van der Waals surface area contributed by atoms with Gasteiger partial charge in [0.1, 0.15) is 5.82 Å². The molecule has 0 aromatic heterocycles. The van der Waals surface area contributed by atoms with E-state index >= 15 is 0 Å². The monoisotopic (exact) mass is 342 g/mol. The third-order valence-corrected chi connectivity index (χ3v) is 4.39. The summed E-state index contributed by atoms with van der Waals surface area (Å²) in [5.41, 5.74) is 2.47. The molecule has 6 heteroatoms. The molecule has 0 aliphatic carbocycles. The fraction of sp³-hybridized carbons (Fsp3) is 0.111. The molecule has 2 amide bonds. The van der Waals surface area contributed by atoms with E-state index in [0.717, 1.165) is 27.9 Å². The summed E-state index contributed by atoms with van der Waals surface area (Å²) in [7, 11) is 0. The van der Waals surface area contributed by atoms with Crippen LogP contribution in [0.3, 0.4) is 0 Å². The number of nitrogens with one attached hydrogen (secondary N) is 1. The number of nitrogens with zero attached hydrogens (tertiary/aromatic N) is 1. The van der Waals surface area contributed by atoms with Crippen LogP contribution < -0.4 is 5.32 Å². The Hall–Kier alpha value is -2.60. The standard InChI is InChI=1S/C18H15FN2O2S/c1-12-4-2-7-15(8-12)20-11-21-17(22)16(24-18(21)23)10-13-5-3-6-14(19)9-13/h2-10,20H,11H2,1H3/b16-10-. The Morgan fingerprint density at radius 1 is 1.17 bits per heavy atom. The number of hydrogen-bond donors (Lipinski definition) is 1. The van der Waals surface area contributed by atoms with E-state index in [1.807, 2.05) is 31.2 Å². The van der Waals surface area contributed by atoms with Crippen LogP contribution in [0.1, 0.15) is 11.1 Å². The molecule has 1 fully saturated rings. The lowest BCUT2D eigenvalue weighted by molar-refractivity contribution is -0.122. The Balaban J connectivity index is 1.72. The van der Waals surface area contributed by atoms with Gasteiger partial charge in [-0.2, -0.15) is 0 Å². The topological polar surface area (TPSA) is 49.4 Å².